The van der Waals surface area contributed by atoms with Gasteiger partial charge in [-0.15, -0.1) is 0 Å². The van der Waals surface area contributed by atoms with Crippen LogP contribution in [0.5, 0.6) is 0 Å². The highest BCUT2D eigenvalue weighted by Crippen LogP contribution is 2.33. The third-order valence-electron chi connectivity index (χ3n) is 3.23. The summed E-state index contributed by atoms with van der Waals surface area (Å²) in [7, 11) is 0. The van der Waals surface area contributed by atoms with Crippen LogP contribution in [0.3, 0.4) is 0 Å². The molecule has 3 nitrogen and oxygen atoms in total. The SMILES string of the molecule is O=C1c2cc(Cl)ccc2-n2nc3ccccc3c21. The summed E-state index contributed by atoms with van der Waals surface area (Å²) in [6.45, 7) is 0. The fourth-order valence-electron chi connectivity index (χ4n) is 2.43. The van der Waals surface area contributed by atoms with Gasteiger partial charge in [0, 0.05) is 10.4 Å². The third kappa shape index (κ3) is 1.09. The smallest absolute Gasteiger partial charge is 0.214 e. The Morgan fingerprint density at radius 2 is 1.94 bits per heavy atom. The number of rotatable bonds is 0. The maximum Gasteiger partial charge on any atom is 0.214 e. The molecule has 0 radical (unpaired) electrons. The molecule has 0 amide bonds. The van der Waals surface area contributed by atoms with Crippen LogP contribution in [0.4, 0.5) is 0 Å². The monoisotopic (exact) mass is 254 g/mol. The number of carbonyl (C=O) groups excluding carboxylic acids is 1. The van der Waals surface area contributed by atoms with Crippen LogP contribution in [0.25, 0.3) is 16.6 Å². The first kappa shape index (κ1) is 9.85. The highest BCUT2D eigenvalue weighted by atomic mass is 35.5. The lowest BCUT2D eigenvalue weighted by molar-refractivity contribution is 0.104. The largest absolute Gasteiger partial charge is 0.287 e. The summed E-state index contributed by atoms with van der Waals surface area (Å²) in [5, 5.41) is 5.92. The van der Waals surface area contributed by atoms with Crippen LogP contribution in [-0.2, 0) is 0 Å². The Labute approximate surface area is 108 Å². The average Bonchev–Trinajstić information content (AvgIpc) is 2.87. The van der Waals surface area contributed by atoms with Gasteiger partial charge in [-0.25, -0.2) is 4.68 Å². The molecule has 3 aromatic rings. The number of carbonyl (C=O) groups is 1. The lowest BCUT2D eigenvalue weighted by Gasteiger charge is -1.99. The minimum absolute atomic E-state index is 0.0128. The molecule has 4 heteroatoms. The predicted octanol–water partition coefficient (Wildman–Crippen LogP) is 3.22. The van der Waals surface area contributed by atoms with E-state index in [1.807, 2.05) is 30.3 Å². The number of nitrogens with zero attached hydrogens (tertiary/aromatic N) is 2. The molecule has 1 aliphatic rings. The lowest BCUT2D eigenvalue weighted by atomic mass is 10.1. The molecule has 0 N–H and O–H groups in total. The molecular formula is C14H7ClN2O. The molecule has 86 valence electrons. The molecule has 1 aliphatic heterocycles. The second kappa shape index (κ2) is 3.21. The van der Waals surface area contributed by atoms with Gasteiger partial charge in [0.2, 0.25) is 5.78 Å². The van der Waals surface area contributed by atoms with Gasteiger partial charge in [-0.3, -0.25) is 4.79 Å². The maximum absolute atomic E-state index is 12.4. The van der Waals surface area contributed by atoms with Gasteiger partial charge in [0.05, 0.1) is 16.8 Å². The predicted molar refractivity (Wildman–Crippen MR) is 69.5 cm³/mol. The van der Waals surface area contributed by atoms with Gasteiger partial charge in [-0.05, 0) is 24.3 Å². The van der Waals surface area contributed by atoms with Gasteiger partial charge in [0.1, 0.15) is 5.69 Å². The zero-order valence-corrected chi connectivity index (χ0v) is 9.98. The van der Waals surface area contributed by atoms with E-state index in [1.165, 1.54) is 0 Å². The van der Waals surface area contributed by atoms with Crippen LogP contribution in [0, 0.1) is 0 Å². The summed E-state index contributed by atoms with van der Waals surface area (Å²) in [6.07, 6.45) is 0. The molecule has 2 heterocycles. The first-order valence-corrected chi connectivity index (χ1v) is 5.96. The van der Waals surface area contributed by atoms with Crippen molar-refractivity contribution >= 4 is 28.3 Å². The summed E-state index contributed by atoms with van der Waals surface area (Å²) in [5.74, 6) is -0.0128. The van der Waals surface area contributed by atoms with Crippen LogP contribution < -0.4 is 0 Å². The molecule has 1 aromatic heterocycles. The van der Waals surface area contributed by atoms with Crippen molar-refractivity contribution in [2.45, 2.75) is 0 Å². The normalized spacial score (nSPS) is 12.8. The van der Waals surface area contributed by atoms with Crippen molar-refractivity contribution in [1.82, 2.24) is 9.78 Å². The summed E-state index contributed by atoms with van der Waals surface area (Å²) in [6, 6.07) is 12.9. The number of aromatic nitrogens is 2. The summed E-state index contributed by atoms with van der Waals surface area (Å²) < 4.78 is 1.71. The second-order valence-electron chi connectivity index (χ2n) is 4.27. The quantitative estimate of drug-likeness (QED) is 0.483. The molecule has 0 bridgehead atoms. The molecule has 18 heavy (non-hydrogen) atoms. The van der Waals surface area contributed by atoms with Crippen LogP contribution in [-0.4, -0.2) is 15.6 Å². The fourth-order valence-corrected chi connectivity index (χ4v) is 2.60. The maximum atomic E-state index is 12.4. The first-order chi connectivity index (χ1) is 8.75. The number of halogens is 1. The molecule has 0 atom stereocenters. The van der Waals surface area contributed by atoms with Gasteiger partial charge >= 0.3 is 0 Å². The van der Waals surface area contributed by atoms with Crippen molar-refractivity contribution in [2.75, 3.05) is 0 Å². The van der Waals surface area contributed by atoms with E-state index in [2.05, 4.69) is 5.10 Å². The summed E-state index contributed by atoms with van der Waals surface area (Å²) >= 11 is 5.93. The van der Waals surface area contributed by atoms with E-state index in [0.717, 1.165) is 16.6 Å². The van der Waals surface area contributed by atoms with Crippen molar-refractivity contribution in [3.8, 4) is 5.69 Å². The van der Waals surface area contributed by atoms with Gasteiger partial charge in [-0.2, -0.15) is 5.10 Å². The molecular weight excluding hydrogens is 248 g/mol. The zero-order chi connectivity index (χ0) is 12.3. The van der Waals surface area contributed by atoms with E-state index in [0.29, 0.717) is 16.3 Å². The Morgan fingerprint density at radius 1 is 1.11 bits per heavy atom. The van der Waals surface area contributed by atoms with E-state index in [4.69, 9.17) is 11.6 Å². The number of hydrogen-bond acceptors (Lipinski definition) is 2. The third-order valence-corrected chi connectivity index (χ3v) is 3.46. The van der Waals surface area contributed by atoms with Crippen molar-refractivity contribution in [1.29, 1.82) is 0 Å². The van der Waals surface area contributed by atoms with Crippen LogP contribution in [0.15, 0.2) is 42.5 Å². The second-order valence-corrected chi connectivity index (χ2v) is 4.70. The zero-order valence-electron chi connectivity index (χ0n) is 9.22. The van der Waals surface area contributed by atoms with Crippen molar-refractivity contribution < 1.29 is 4.79 Å². The molecule has 0 unspecified atom stereocenters. The molecule has 4 rings (SSSR count). The molecule has 0 saturated heterocycles. The lowest BCUT2D eigenvalue weighted by Crippen LogP contribution is -1.96. The van der Waals surface area contributed by atoms with E-state index in [-0.39, 0.29) is 5.78 Å². The highest BCUT2D eigenvalue weighted by Gasteiger charge is 2.30. The van der Waals surface area contributed by atoms with Crippen LogP contribution in [0.2, 0.25) is 5.02 Å². The standard InChI is InChI=1S/C14H7ClN2O/c15-8-5-6-12-10(7-8)14(18)13-9-3-1-2-4-11(9)16-17(12)13/h1-7H. The van der Waals surface area contributed by atoms with Gasteiger partial charge in [-0.1, -0.05) is 29.8 Å². The van der Waals surface area contributed by atoms with Gasteiger partial charge in [0.15, 0.2) is 0 Å². The minimum Gasteiger partial charge on any atom is -0.287 e. The molecule has 0 aliphatic carbocycles. The van der Waals surface area contributed by atoms with Crippen LogP contribution >= 0.6 is 11.6 Å². The minimum atomic E-state index is -0.0128. The highest BCUT2D eigenvalue weighted by molar-refractivity contribution is 6.31. The molecule has 2 aromatic carbocycles. The molecule has 0 saturated carbocycles. The van der Waals surface area contributed by atoms with E-state index in [9.17, 15) is 4.79 Å². The van der Waals surface area contributed by atoms with E-state index in [1.54, 1.807) is 16.8 Å². The van der Waals surface area contributed by atoms with Crippen LogP contribution in [0.1, 0.15) is 16.1 Å². The Bertz CT molecular complexity index is 820. The Hall–Kier alpha value is -2.13. The Morgan fingerprint density at radius 3 is 2.83 bits per heavy atom. The number of benzene rings is 2. The first-order valence-electron chi connectivity index (χ1n) is 5.58. The molecule has 0 spiro atoms. The number of hydrogen-bond donors (Lipinski definition) is 0. The van der Waals surface area contributed by atoms with Crippen molar-refractivity contribution in [3.05, 3.63) is 58.7 Å². The average molecular weight is 255 g/mol. The number of fused-ring (bicyclic) bond motifs is 5. The van der Waals surface area contributed by atoms with Gasteiger partial charge in [0.25, 0.3) is 0 Å². The Kier molecular flexibility index (Phi) is 1.76. The van der Waals surface area contributed by atoms with Crippen molar-refractivity contribution in [3.63, 3.8) is 0 Å². The fraction of sp³-hybridized carbons (Fsp3) is 0. The topological polar surface area (TPSA) is 34.9 Å². The Balaban J connectivity index is 2.14. The molecule has 0 fully saturated rings. The number of ketones is 1. The summed E-state index contributed by atoms with van der Waals surface area (Å²) in [4.78, 5) is 12.4. The van der Waals surface area contributed by atoms with E-state index >= 15 is 0 Å². The van der Waals surface area contributed by atoms with Crippen molar-refractivity contribution in [2.24, 2.45) is 0 Å². The van der Waals surface area contributed by atoms with Gasteiger partial charge < -0.3 is 0 Å². The van der Waals surface area contributed by atoms with E-state index < -0.39 is 0 Å². The summed E-state index contributed by atoms with van der Waals surface area (Å²) in [5.41, 5.74) is 2.88.